The van der Waals surface area contributed by atoms with Gasteiger partial charge in [-0.2, -0.15) is 0 Å². The van der Waals surface area contributed by atoms with E-state index in [1.165, 1.54) is 0 Å². The predicted octanol–water partition coefficient (Wildman–Crippen LogP) is 2.52. The minimum atomic E-state index is -0.104. The molecule has 0 aromatic heterocycles. The fraction of sp³-hybridized carbons (Fsp3) is 0.533. The zero-order valence-electron chi connectivity index (χ0n) is 12.1. The highest BCUT2D eigenvalue weighted by molar-refractivity contribution is 6.30. The number of carbonyl (C=O) groups excluding carboxylic acids is 1. The van der Waals surface area contributed by atoms with Crippen LogP contribution in [0.4, 0.5) is 0 Å². The fourth-order valence-electron chi connectivity index (χ4n) is 1.95. The minimum absolute atomic E-state index is 0.00963. The van der Waals surface area contributed by atoms with Crippen molar-refractivity contribution in [2.45, 2.75) is 39.2 Å². The number of rotatable bonds is 8. The average Bonchev–Trinajstić information content (AvgIpc) is 2.44. The van der Waals surface area contributed by atoms with Gasteiger partial charge in [-0.25, -0.2) is 0 Å². The molecule has 3 N–H and O–H groups in total. The second-order valence-electron chi connectivity index (χ2n) is 4.66. The molecule has 0 spiro atoms. The second kappa shape index (κ2) is 8.82. The third-order valence-electron chi connectivity index (χ3n) is 3.15. The van der Waals surface area contributed by atoms with E-state index in [1.54, 1.807) is 12.1 Å². The van der Waals surface area contributed by atoms with Crippen LogP contribution in [0, 0.1) is 0 Å². The number of nitrogens with two attached hydrogens (primary N) is 1. The van der Waals surface area contributed by atoms with Crippen molar-refractivity contribution in [2.24, 2.45) is 5.73 Å². The Bertz CT molecular complexity index is 434. The lowest BCUT2D eigenvalue weighted by molar-refractivity contribution is -0.123. The van der Waals surface area contributed by atoms with Crippen LogP contribution in [0.3, 0.4) is 0 Å². The monoisotopic (exact) mass is 298 g/mol. The molecular weight excluding hydrogens is 276 g/mol. The molecule has 1 amide bonds. The minimum Gasteiger partial charge on any atom is -0.483 e. The molecule has 0 bridgehead atoms. The maximum absolute atomic E-state index is 11.8. The van der Waals surface area contributed by atoms with Crippen molar-refractivity contribution >= 4 is 17.5 Å². The van der Waals surface area contributed by atoms with Gasteiger partial charge < -0.3 is 15.8 Å². The molecule has 1 aromatic carbocycles. The normalized spacial score (nSPS) is 10.7. The first kappa shape index (κ1) is 16.8. The van der Waals surface area contributed by atoms with Gasteiger partial charge in [0, 0.05) is 11.1 Å². The summed E-state index contributed by atoms with van der Waals surface area (Å²) in [6, 6.07) is 5.55. The SMILES string of the molecule is CCC(CC)NC(=O)COc1ccc(Cl)cc1CCN. The molecule has 0 aliphatic rings. The van der Waals surface area contributed by atoms with E-state index in [9.17, 15) is 4.79 Å². The van der Waals surface area contributed by atoms with Crippen molar-refractivity contribution in [1.29, 1.82) is 0 Å². The molecule has 112 valence electrons. The van der Waals surface area contributed by atoms with Crippen LogP contribution in [0.1, 0.15) is 32.3 Å². The number of hydrogen-bond acceptors (Lipinski definition) is 3. The van der Waals surface area contributed by atoms with E-state index in [4.69, 9.17) is 22.1 Å². The topological polar surface area (TPSA) is 64.3 Å². The zero-order valence-corrected chi connectivity index (χ0v) is 12.9. The van der Waals surface area contributed by atoms with Crippen molar-refractivity contribution in [3.63, 3.8) is 0 Å². The zero-order chi connectivity index (χ0) is 15.0. The molecule has 0 saturated carbocycles. The summed E-state index contributed by atoms with van der Waals surface area (Å²) in [6.07, 6.45) is 2.51. The third-order valence-corrected chi connectivity index (χ3v) is 3.38. The molecule has 1 aromatic rings. The molecule has 0 unspecified atom stereocenters. The summed E-state index contributed by atoms with van der Waals surface area (Å²) < 4.78 is 5.57. The molecule has 1 rings (SSSR count). The van der Waals surface area contributed by atoms with Gasteiger partial charge in [0.05, 0.1) is 0 Å². The Labute approximate surface area is 125 Å². The van der Waals surface area contributed by atoms with Crippen LogP contribution in [0.25, 0.3) is 0 Å². The number of carbonyl (C=O) groups is 1. The maximum atomic E-state index is 11.8. The molecule has 0 aliphatic heterocycles. The van der Waals surface area contributed by atoms with Crippen LogP contribution in [0.2, 0.25) is 5.02 Å². The average molecular weight is 299 g/mol. The number of hydrogen-bond donors (Lipinski definition) is 2. The summed E-state index contributed by atoms with van der Waals surface area (Å²) in [6.45, 7) is 4.62. The number of benzene rings is 1. The van der Waals surface area contributed by atoms with Gasteiger partial charge in [0.15, 0.2) is 6.61 Å². The smallest absolute Gasteiger partial charge is 0.258 e. The lowest BCUT2D eigenvalue weighted by Crippen LogP contribution is -2.37. The Morgan fingerprint density at radius 2 is 2.10 bits per heavy atom. The molecule has 0 radical (unpaired) electrons. The molecular formula is C15H23ClN2O2. The van der Waals surface area contributed by atoms with Gasteiger partial charge in [-0.3, -0.25) is 4.79 Å². The Balaban J connectivity index is 2.58. The highest BCUT2D eigenvalue weighted by Gasteiger charge is 2.10. The van der Waals surface area contributed by atoms with E-state index >= 15 is 0 Å². The Morgan fingerprint density at radius 1 is 1.40 bits per heavy atom. The maximum Gasteiger partial charge on any atom is 0.258 e. The Kier molecular flexibility index (Phi) is 7.41. The van der Waals surface area contributed by atoms with Gasteiger partial charge in [-0.05, 0) is 49.6 Å². The molecule has 5 heteroatoms. The van der Waals surface area contributed by atoms with Crippen molar-refractivity contribution in [2.75, 3.05) is 13.2 Å². The quantitative estimate of drug-likeness (QED) is 0.775. The fourth-order valence-corrected chi connectivity index (χ4v) is 2.14. The van der Waals surface area contributed by atoms with Crippen LogP contribution in [-0.2, 0) is 11.2 Å². The molecule has 4 nitrogen and oxygen atoms in total. The van der Waals surface area contributed by atoms with Crippen LogP contribution in [0.5, 0.6) is 5.75 Å². The van der Waals surface area contributed by atoms with E-state index in [1.807, 2.05) is 19.9 Å². The predicted molar refractivity (Wildman–Crippen MR) is 82.2 cm³/mol. The first-order valence-corrected chi connectivity index (χ1v) is 7.39. The van der Waals surface area contributed by atoms with Crippen molar-refractivity contribution in [3.05, 3.63) is 28.8 Å². The Hall–Kier alpha value is -1.26. The van der Waals surface area contributed by atoms with E-state index in [-0.39, 0.29) is 18.6 Å². The van der Waals surface area contributed by atoms with E-state index in [0.29, 0.717) is 23.7 Å². The van der Waals surface area contributed by atoms with E-state index in [0.717, 1.165) is 18.4 Å². The first-order valence-electron chi connectivity index (χ1n) is 7.01. The summed E-state index contributed by atoms with van der Waals surface area (Å²) >= 11 is 5.95. The summed E-state index contributed by atoms with van der Waals surface area (Å²) in [4.78, 5) is 11.8. The van der Waals surface area contributed by atoms with Crippen molar-refractivity contribution in [1.82, 2.24) is 5.32 Å². The van der Waals surface area contributed by atoms with Crippen LogP contribution in [0.15, 0.2) is 18.2 Å². The van der Waals surface area contributed by atoms with Gasteiger partial charge in [-0.1, -0.05) is 25.4 Å². The number of nitrogens with one attached hydrogen (secondary N) is 1. The summed E-state index contributed by atoms with van der Waals surface area (Å²) in [5, 5.41) is 3.58. The molecule has 0 aliphatic carbocycles. The molecule has 0 atom stereocenters. The van der Waals surface area contributed by atoms with Gasteiger partial charge in [0.1, 0.15) is 5.75 Å². The van der Waals surface area contributed by atoms with Gasteiger partial charge >= 0.3 is 0 Å². The first-order chi connectivity index (χ1) is 9.60. The summed E-state index contributed by atoms with van der Waals surface area (Å²) in [7, 11) is 0. The van der Waals surface area contributed by atoms with Crippen molar-refractivity contribution in [3.8, 4) is 5.75 Å². The van der Waals surface area contributed by atoms with Gasteiger partial charge in [0.2, 0.25) is 0 Å². The Morgan fingerprint density at radius 3 is 2.70 bits per heavy atom. The lowest BCUT2D eigenvalue weighted by atomic mass is 10.1. The van der Waals surface area contributed by atoms with Crippen LogP contribution >= 0.6 is 11.6 Å². The van der Waals surface area contributed by atoms with Crippen molar-refractivity contribution < 1.29 is 9.53 Å². The number of amides is 1. The van der Waals surface area contributed by atoms with E-state index < -0.39 is 0 Å². The molecule has 0 heterocycles. The molecule has 20 heavy (non-hydrogen) atoms. The van der Waals surface area contributed by atoms with Crippen LogP contribution < -0.4 is 15.8 Å². The van der Waals surface area contributed by atoms with Crippen LogP contribution in [-0.4, -0.2) is 25.1 Å². The lowest BCUT2D eigenvalue weighted by Gasteiger charge is -2.16. The molecule has 0 saturated heterocycles. The number of ether oxygens (including phenoxy) is 1. The standard InChI is InChI=1S/C15H23ClN2O2/c1-3-13(4-2)18-15(19)10-20-14-6-5-12(16)9-11(14)7-8-17/h5-6,9,13H,3-4,7-8,10,17H2,1-2H3,(H,18,19). The second-order valence-corrected chi connectivity index (χ2v) is 5.10. The van der Waals surface area contributed by atoms with E-state index in [2.05, 4.69) is 5.32 Å². The molecule has 0 fully saturated rings. The number of halogens is 1. The van der Waals surface area contributed by atoms with Gasteiger partial charge in [-0.15, -0.1) is 0 Å². The summed E-state index contributed by atoms with van der Waals surface area (Å²) in [5.41, 5.74) is 6.49. The highest BCUT2D eigenvalue weighted by Crippen LogP contribution is 2.23. The summed E-state index contributed by atoms with van der Waals surface area (Å²) in [5.74, 6) is 0.562. The highest BCUT2D eigenvalue weighted by atomic mass is 35.5. The largest absolute Gasteiger partial charge is 0.483 e. The third kappa shape index (κ3) is 5.39. The van der Waals surface area contributed by atoms with Gasteiger partial charge in [0.25, 0.3) is 5.91 Å².